The number of carbonyl (C=O) groups is 2. The van der Waals surface area contributed by atoms with Crippen molar-refractivity contribution in [3.05, 3.63) is 46.2 Å². The van der Waals surface area contributed by atoms with Crippen LogP contribution < -0.4 is 15.1 Å². The van der Waals surface area contributed by atoms with E-state index in [4.69, 9.17) is 0 Å². The molecule has 1 unspecified atom stereocenters. The number of thiophene rings is 1. The molecule has 2 amide bonds. The monoisotopic (exact) mass is 355 g/mol. The standard InChI is InChI=1S/C19H21N3O2S/c1-20-15-10-14-4-2-5-16(21-8-3-6-17(21)23)18(14)22(19(15)24)11-13-7-9-25-12-13/h2,4-5,7,9,12,15,20H,3,6,8,10-11H2,1H3. The first-order valence-electron chi connectivity index (χ1n) is 8.61. The molecule has 3 heterocycles. The van der Waals surface area contributed by atoms with E-state index in [1.54, 1.807) is 11.3 Å². The highest BCUT2D eigenvalue weighted by Crippen LogP contribution is 2.39. The van der Waals surface area contributed by atoms with Crippen molar-refractivity contribution < 1.29 is 9.59 Å². The SMILES string of the molecule is CNC1Cc2cccc(N3CCCC3=O)c2N(Cc2ccsc2)C1=O. The molecule has 0 bridgehead atoms. The highest BCUT2D eigenvalue weighted by Gasteiger charge is 2.36. The second-order valence-corrected chi connectivity index (χ2v) is 7.32. The molecule has 130 valence electrons. The number of nitrogens with zero attached hydrogens (tertiary/aromatic N) is 2. The molecule has 2 aliphatic heterocycles. The molecule has 1 fully saturated rings. The molecule has 1 atom stereocenters. The number of anilines is 2. The summed E-state index contributed by atoms with van der Waals surface area (Å²) in [4.78, 5) is 29.0. The van der Waals surface area contributed by atoms with Gasteiger partial charge < -0.3 is 15.1 Å². The Morgan fingerprint density at radius 3 is 2.84 bits per heavy atom. The molecule has 2 aliphatic rings. The van der Waals surface area contributed by atoms with E-state index in [9.17, 15) is 9.59 Å². The molecule has 0 spiro atoms. The van der Waals surface area contributed by atoms with Crippen molar-refractivity contribution in [2.45, 2.75) is 31.8 Å². The maximum absolute atomic E-state index is 13.1. The smallest absolute Gasteiger partial charge is 0.244 e. The van der Waals surface area contributed by atoms with Gasteiger partial charge in [0, 0.05) is 13.0 Å². The molecule has 25 heavy (non-hydrogen) atoms. The average molecular weight is 355 g/mol. The Kier molecular flexibility index (Phi) is 4.31. The summed E-state index contributed by atoms with van der Waals surface area (Å²) < 4.78 is 0. The zero-order chi connectivity index (χ0) is 17.4. The Labute approximate surface area is 151 Å². The number of amides is 2. The van der Waals surface area contributed by atoms with Gasteiger partial charge >= 0.3 is 0 Å². The molecular formula is C19H21N3O2S. The normalized spacial score (nSPS) is 20.3. The van der Waals surface area contributed by atoms with Crippen LogP contribution in [0.2, 0.25) is 0 Å². The maximum Gasteiger partial charge on any atom is 0.244 e. The van der Waals surface area contributed by atoms with Crippen molar-refractivity contribution in [3.8, 4) is 0 Å². The summed E-state index contributed by atoms with van der Waals surface area (Å²) in [5.74, 6) is 0.215. The van der Waals surface area contributed by atoms with Crippen LogP contribution in [-0.4, -0.2) is 31.4 Å². The molecule has 1 aromatic heterocycles. The predicted octanol–water partition coefficient (Wildman–Crippen LogP) is 2.55. The fraction of sp³-hybridized carbons (Fsp3) is 0.368. The van der Waals surface area contributed by atoms with Crippen LogP contribution in [0.3, 0.4) is 0 Å². The molecule has 2 aromatic rings. The molecule has 0 aliphatic carbocycles. The number of nitrogens with one attached hydrogen (secondary N) is 1. The third-order valence-corrected chi connectivity index (χ3v) is 5.72. The molecule has 6 heteroatoms. The first-order valence-corrected chi connectivity index (χ1v) is 9.55. The van der Waals surface area contributed by atoms with Crippen LogP contribution in [0.4, 0.5) is 11.4 Å². The van der Waals surface area contributed by atoms with E-state index in [2.05, 4.69) is 16.8 Å². The summed E-state index contributed by atoms with van der Waals surface area (Å²) in [7, 11) is 1.82. The van der Waals surface area contributed by atoms with E-state index in [0.29, 0.717) is 19.4 Å². The van der Waals surface area contributed by atoms with Crippen molar-refractivity contribution in [2.75, 3.05) is 23.4 Å². The third-order valence-electron chi connectivity index (χ3n) is 4.99. The van der Waals surface area contributed by atoms with E-state index in [-0.39, 0.29) is 17.9 Å². The predicted molar refractivity (Wildman–Crippen MR) is 100 cm³/mol. The summed E-state index contributed by atoms with van der Waals surface area (Å²) in [5.41, 5.74) is 4.01. The number of hydrogen-bond acceptors (Lipinski definition) is 4. The fourth-order valence-corrected chi connectivity index (χ4v) is 4.39. The second-order valence-electron chi connectivity index (χ2n) is 6.54. The van der Waals surface area contributed by atoms with Gasteiger partial charge in [-0.05, 0) is 53.9 Å². The summed E-state index contributed by atoms with van der Waals surface area (Å²) in [5, 5.41) is 7.23. The lowest BCUT2D eigenvalue weighted by atomic mass is 9.95. The number of carbonyl (C=O) groups excluding carboxylic acids is 2. The van der Waals surface area contributed by atoms with Gasteiger partial charge in [0.25, 0.3) is 0 Å². The van der Waals surface area contributed by atoms with Crippen LogP contribution in [0, 0.1) is 0 Å². The molecular weight excluding hydrogens is 334 g/mol. The minimum Gasteiger partial charge on any atom is -0.310 e. The number of fused-ring (bicyclic) bond motifs is 1. The first kappa shape index (κ1) is 16.3. The van der Waals surface area contributed by atoms with Crippen LogP contribution >= 0.6 is 11.3 Å². The van der Waals surface area contributed by atoms with E-state index < -0.39 is 0 Å². The van der Waals surface area contributed by atoms with Crippen LogP contribution in [0.5, 0.6) is 0 Å². The van der Waals surface area contributed by atoms with Gasteiger partial charge in [-0.1, -0.05) is 12.1 Å². The Hall–Kier alpha value is -2.18. The maximum atomic E-state index is 13.1. The first-order chi connectivity index (χ1) is 12.2. The van der Waals surface area contributed by atoms with Crippen molar-refractivity contribution in [1.82, 2.24) is 5.32 Å². The van der Waals surface area contributed by atoms with Crippen molar-refractivity contribution in [1.29, 1.82) is 0 Å². The van der Waals surface area contributed by atoms with Gasteiger partial charge in [0.05, 0.1) is 24.0 Å². The minimum atomic E-state index is -0.226. The molecule has 1 saturated heterocycles. The topological polar surface area (TPSA) is 52.7 Å². The number of likely N-dealkylation sites (N-methyl/N-ethyl adjacent to an activating group) is 1. The van der Waals surface area contributed by atoms with E-state index in [1.807, 2.05) is 40.4 Å². The van der Waals surface area contributed by atoms with Gasteiger partial charge in [-0.2, -0.15) is 11.3 Å². The Bertz CT molecular complexity index is 803. The molecule has 1 aromatic carbocycles. The van der Waals surface area contributed by atoms with Crippen LogP contribution in [0.25, 0.3) is 0 Å². The van der Waals surface area contributed by atoms with Gasteiger partial charge in [-0.3, -0.25) is 9.59 Å². The van der Waals surface area contributed by atoms with Gasteiger partial charge in [-0.15, -0.1) is 0 Å². The Morgan fingerprint density at radius 2 is 2.16 bits per heavy atom. The van der Waals surface area contributed by atoms with Crippen molar-refractivity contribution in [2.24, 2.45) is 0 Å². The number of para-hydroxylation sites is 1. The zero-order valence-corrected chi connectivity index (χ0v) is 15.0. The second kappa shape index (κ2) is 6.61. The van der Waals surface area contributed by atoms with Gasteiger partial charge in [0.1, 0.15) is 0 Å². The molecule has 1 N–H and O–H groups in total. The minimum absolute atomic E-state index is 0.0697. The molecule has 0 radical (unpaired) electrons. The van der Waals surface area contributed by atoms with E-state index in [1.165, 1.54) is 0 Å². The summed E-state index contributed by atoms with van der Waals surface area (Å²) in [6, 6.07) is 7.84. The lowest BCUT2D eigenvalue weighted by molar-refractivity contribution is -0.121. The summed E-state index contributed by atoms with van der Waals surface area (Å²) in [6.45, 7) is 1.26. The third kappa shape index (κ3) is 2.85. The lowest BCUT2D eigenvalue weighted by Crippen LogP contribution is -2.50. The molecule has 5 nitrogen and oxygen atoms in total. The van der Waals surface area contributed by atoms with E-state index >= 15 is 0 Å². The molecule has 0 saturated carbocycles. The van der Waals surface area contributed by atoms with Crippen LogP contribution in [-0.2, 0) is 22.6 Å². The summed E-state index contributed by atoms with van der Waals surface area (Å²) >= 11 is 1.63. The highest BCUT2D eigenvalue weighted by atomic mass is 32.1. The fourth-order valence-electron chi connectivity index (χ4n) is 3.73. The van der Waals surface area contributed by atoms with Crippen LogP contribution in [0.1, 0.15) is 24.0 Å². The lowest BCUT2D eigenvalue weighted by Gasteiger charge is -2.37. The van der Waals surface area contributed by atoms with Crippen molar-refractivity contribution in [3.63, 3.8) is 0 Å². The van der Waals surface area contributed by atoms with E-state index in [0.717, 1.165) is 35.5 Å². The molecule has 4 rings (SSSR count). The average Bonchev–Trinajstić information content (AvgIpc) is 3.28. The zero-order valence-electron chi connectivity index (χ0n) is 14.2. The van der Waals surface area contributed by atoms with Gasteiger partial charge in [0.2, 0.25) is 11.8 Å². The highest BCUT2D eigenvalue weighted by molar-refractivity contribution is 7.07. The van der Waals surface area contributed by atoms with Gasteiger partial charge in [-0.25, -0.2) is 0 Å². The van der Waals surface area contributed by atoms with Gasteiger partial charge in [0.15, 0.2) is 0 Å². The van der Waals surface area contributed by atoms with Crippen LogP contribution in [0.15, 0.2) is 35.0 Å². The Balaban J connectivity index is 1.81. The van der Waals surface area contributed by atoms with Crippen molar-refractivity contribution >= 4 is 34.5 Å². The quantitative estimate of drug-likeness (QED) is 0.917. The summed E-state index contributed by atoms with van der Waals surface area (Å²) in [6.07, 6.45) is 2.11. The number of rotatable bonds is 4. The largest absolute Gasteiger partial charge is 0.310 e. The number of benzene rings is 1. The Morgan fingerprint density at radius 1 is 1.28 bits per heavy atom. The number of hydrogen-bond donors (Lipinski definition) is 1.